The van der Waals surface area contributed by atoms with Crippen LogP contribution in [0.25, 0.3) is 0 Å². The summed E-state index contributed by atoms with van der Waals surface area (Å²) in [6, 6.07) is 24.6. The minimum absolute atomic E-state index is 0.0568. The summed E-state index contributed by atoms with van der Waals surface area (Å²) in [6.45, 7) is 0.513. The van der Waals surface area contributed by atoms with Crippen molar-refractivity contribution >= 4 is 15.9 Å². The average Bonchev–Trinajstić information content (AvgIpc) is 2.85. The molecule has 1 unspecified atom stereocenters. The Morgan fingerprint density at radius 3 is 2.09 bits per heavy atom. The van der Waals surface area contributed by atoms with E-state index in [1.807, 2.05) is 60.7 Å². The molecule has 1 aliphatic heterocycles. The third-order valence-electron chi connectivity index (χ3n) is 6.08. The van der Waals surface area contributed by atoms with Crippen molar-refractivity contribution < 1.29 is 17.6 Å². The second-order valence-corrected chi connectivity index (χ2v) is 10.2. The molecular formula is C26H27FN2O3S. The predicted molar refractivity (Wildman–Crippen MR) is 125 cm³/mol. The smallest absolute Gasteiger partial charge is 0.243 e. The monoisotopic (exact) mass is 466 g/mol. The Morgan fingerprint density at radius 1 is 0.909 bits per heavy atom. The van der Waals surface area contributed by atoms with E-state index in [0.29, 0.717) is 19.3 Å². The number of sulfonamides is 1. The Hall–Kier alpha value is -3.03. The number of hydrogen-bond acceptors (Lipinski definition) is 3. The van der Waals surface area contributed by atoms with Crippen LogP contribution in [0.1, 0.15) is 30.0 Å². The molecule has 1 aliphatic rings. The highest BCUT2D eigenvalue weighted by atomic mass is 32.2. The van der Waals surface area contributed by atoms with Gasteiger partial charge in [-0.15, -0.1) is 0 Å². The van der Waals surface area contributed by atoms with Crippen molar-refractivity contribution in [1.82, 2.24) is 9.62 Å². The number of amides is 1. The standard InChI is InChI=1S/C26H27FN2O3S/c27-23-11-13-24(14-12-23)33(31,32)29-17-15-22(16-18-29)26(30)28-25(21-9-5-2-6-10-21)19-20-7-3-1-4-8-20/h1-14,22,25H,15-19H2,(H,28,30). The Labute approximate surface area is 194 Å². The molecule has 33 heavy (non-hydrogen) atoms. The molecule has 0 spiro atoms. The fourth-order valence-electron chi connectivity index (χ4n) is 4.19. The van der Waals surface area contributed by atoms with E-state index in [4.69, 9.17) is 0 Å². The summed E-state index contributed by atoms with van der Waals surface area (Å²) in [6.07, 6.45) is 1.56. The van der Waals surface area contributed by atoms with Crippen LogP contribution in [-0.4, -0.2) is 31.7 Å². The molecule has 1 N–H and O–H groups in total. The van der Waals surface area contributed by atoms with E-state index in [9.17, 15) is 17.6 Å². The van der Waals surface area contributed by atoms with Crippen LogP contribution < -0.4 is 5.32 Å². The average molecular weight is 467 g/mol. The molecule has 0 bridgehead atoms. The van der Waals surface area contributed by atoms with Gasteiger partial charge in [-0.3, -0.25) is 4.79 Å². The van der Waals surface area contributed by atoms with E-state index in [2.05, 4.69) is 5.32 Å². The minimum Gasteiger partial charge on any atom is -0.349 e. The molecule has 4 rings (SSSR count). The summed E-state index contributed by atoms with van der Waals surface area (Å²) < 4.78 is 40.2. The first kappa shape index (κ1) is 23.1. The second kappa shape index (κ2) is 10.3. The maximum atomic E-state index is 13.2. The van der Waals surface area contributed by atoms with Crippen LogP contribution in [-0.2, 0) is 21.2 Å². The Kier molecular flexibility index (Phi) is 7.20. The van der Waals surface area contributed by atoms with E-state index in [0.717, 1.165) is 23.3 Å². The van der Waals surface area contributed by atoms with Crippen molar-refractivity contribution in [2.45, 2.75) is 30.2 Å². The van der Waals surface area contributed by atoms with Gasteiger partial charge in [-0.05, 0) is 54.7 Å². The van der Waals surface area contributed by atoms with Gasteiger partial charge < -0.3 is 5.32 Å². The SMILES string of the molecule is O=C(NC(Cc1ccccc1)c1ccccc1)C1CCN(S(=O)(=O)c2ccc(F)cc2)CC1. The van der Waals surface area contributed by atoms with Gasteiger partial charge in [0.1, 0.15) is 5.82 Å². The van der Waals surface area contributed by atoms with Gasteiger partial charge in [-0.1, -0.05) is 60.7 Å². The fraction of sp³-hybridized carbons (Fsp3) is 0.269. The van der Waals surface area contributed by atoms with Gasteiger partial charge in [0.2, 0.25) is 15.9 Å². The van der Waals surface area contributed by atoms with Crippen molar-refractivity contribution in [1.29, 1.82) is 0 Å². The van der Waals surface area contributed by atoms with Crippen LogP contribution in [0.15, 0.2) is 89.8 Å². The number of benzene rings is 3. The number of halogens is 1. The van der Waals surface area contributed by atoms with Crippen LogP contribution in [0.2, 0.25) is 0 Å². The molecule has 0 saturated carbocycles. The zero-order valence-electron chi connectivity index (χ0n) is 18.2. The van der Waals surface area contributed by atoms with E-state index in [1.54, 1.807) is 0 Å². The van der Waals surface area contributed by atoms with Crippen molar-refractivity contribution in [2.24, 2.45) is 5.92 Å². The van der Waals surface area contributed by atoms with E-state index < -0.39 is 15.8 Å². The maximum Gasteiger partial charge on any atom is 0.243 e. The lowest BCUT2D eigenvalue weighted by molar-refractivity contribution is -0.126. The Balaban J connectivity index is 1.41. The number of nitrogens with zero attached hydrogens (tertiary/aromatic N) is 1. The van der Waals surface area contributed by atoms with E-state index >= 15 is 0 Å². The molecule has 3 aromatic rings. The first-order valence-electron chi connectivity index (χ1n) is 11.1. The number of piperidine rings is 1. The molecule has 0 aliphatic carbocycles. The van der Waals surface area contributed by atoms with Gasteiger partial charge in [0.05, 0.1) is 10.9 Å². The molecule has 1 heterocycles. The number of hydrogen-bond donors (Lipinski definition) is 1. The first-order valence-corrected chi connectivity index (χ1v) is 12.5. The second-order valence-electron chi connectivity index (χ2n) is 8.29. The summed E-state index contributed by atoms with van der Waals surface area (Å²) in [5.41, 5.74) is 2.16. The third kappa shape index (κ3) is 5.67. The molecule has 0 aromatic heterocycles. The van der Waals surface area contributed by atoms with Gasteiger partial charge in [0.15, 0.2) is 0 Å². The van der Waals surface area contributed by atoms with Crippen molar-refractivity contribution in [3.8, 4) is 0 Å². The van der Waals surface area contributed by atoms with Crippen LogP contribution in [0.5, 0.6) is 0 Å². The number of carbonyl (C=O) groups is 1. The van der Waals surface area contributed by atoms with Gasteiger partial charge >= 0.3 is 0 Å². The summed E-state index contributed by atoms with van der Waals surface area (Å²) in [5.74, 6) is -0.793. The minimum atomic E-state index is -3.70. The van der Waals surface area contributed by atoms with Crippen molar-refractivity contribution in [3.63, 3.8) is 0 Å². The molecule has 0 radical (unpaired) electrons. The number of carbonyl (C=O) groups excluding carboxylic acids is 1. The van der Waals surface area contributed by atoms with Crippen LogP contribution in [0, 0.1) is 11.7 Å². The summed E-state index contributed by atoms with van der Waals surface area (Å²) in [4.78, 5) is 13.2. The largest absolute Gasteiger partial charge is 0.349 e. The van der Waals surface area contributed by atoms with Gasteiger partial charge in [-0.2, -0.15) is 4.31 Å². The van der Waals surface area contributed by atoms with Gasteiger partial charge in [-0.25, -0.2) is 12.8 Å². The van der Waals surface area contributed by atoms with Crippen LogP contribution in [0.3, 0.4) is 0 Å². The highest BCUT2D eigenvalue weighted by Crippen LogP contribution is 2.26. The van der Waals surface area contributed by atoms with Crippen molar-refractivity contribution in [3.05, 3.63) is 102 Å². The van der Waals surface area contributed by atoms with Crippen LogP contribution >= 0.6 is 0 Å². The summed E-state index contributed by atoms with van der Waals surface area (Å²) >= 11 is 0. The lowest BCUT2D eigenvalue weighted by Crippen LogP contribution is -2.43. The fourth-order valence-corrected chi connectivity index (χ4v) is 5.66. The number of nitrogens with one attached hydrogen (secondary N) is 1. The summed E-state index contributed by atoms with van der Waals surface area (Å²) in [5, 5.41) is 3.19. The molecule has 1 amide bonds. The van der Waals surface area contributed by atoms with E-state index in [1.165, 1.54) is 16.4 Å². The lowest BCUT2D eigenvalue weighted by Gasteiger charge is -2.31. The third-order valence-corrected chi connectivity index (χ3v) is 7.99. The Bertz CT molecular complexity index is 1160. The molecule has 1 fully saturated rings. The normalized spacial score (nSPS) is 16.3. The zero-order chi connectivity index (χ0) is 23.3. The topological polar surface area (TPSA) is 66.5 Å². The quantitative estimate of drug-likeness (QED) is 0.564. The highest BCUT2D eigenvalue weighted by Gasteiger charge is 2.32. The highest BCUT2D eigenvalue weighted by molar-refractivity contribution is 7.89. The summed E-state index contributed by atoms with van der Waals surface area (Å²) in [7, 11) is -3.70. The molecule has 1 saturated heterocycles. The van der Waals surface area contributed by atoms with E-state index in [-0.39, 0.29) is 35.9 Å². The first-order chi connectivity index (χ1) is 15.9. The zero-order valence-corrected chi connectivity index (χ0v) is 19.0. The van der Waals surface area contributed by atoms with Gasteiger partial charge in [0.25, 0.3) is 0 Å². The number of rotatable bonds is 7. The van der Waals surface area contributed by atoms with Gasteiger partial charge in [0, 0.05) is 19.0 Å². The van der Waals surface area contributed by atoms with Crippen molar-refractivity contribution in [2.75, 3.05) is 13.1 Å². The molecule has 5 nitrogen and oxygen atoms in total. The molecular weight excluding hydrogens is 439 g/mol. The molecule has 172 valence electrons. The maximum absolute atomic E-state index is 13.2. The molecule has 7 heteroatoms. The predicted octanol–water partition coefficient (Wildman–Crippen LogP) is 4.33. The molecule has 3 aromatic carbocycles. The lowest BCUT2D eigenvalue weighted by atomic mass is 9.94. The molecule has 1 atom stereocenters. The Morgan fingerprint density at radius 2 is 1.48 bits per heavy atom. The van der Waals surface area contributed by atoms with Crippen LogP contribution in [0.4, 0.5) is 4.39 Å².